The number of likely N-dealkylation sites (N-methyl/N-ethyl adjacent to an activating group) is 1. The summed E-state index contributed by atoms with van der Waals surface area (Å²) in [6.45, 7) is 3.22. The van der Waals surface area contributed by atoms with Crippen LogP contribution in [-0.2, 0) is 11.3 Å². The first kappa shape index (κ1) is 20.0. The summed E-state index contributed by atoms with van der Waals surface area (Å²) >= 11 is 6.07. The third-order valence-electron chi connectivity index (χ3n) is 3.86. The molecule has 2 aromatic carbocycles. The van der Waals surface area contributed by atoms with Gasteiger partial charge in [0.2, 0.25) is 5.91 Å². The monoisotopic (exact) mass is 380 g/mol. The van der Waals surface area contributed by atoms with Crippen LogP contribution in [0.2, 0.25) is 5.02 Å². The van der Waals surface area contributed by atoms with Crippen molar-refractivity contribution in [3.8, 4) is 11.5 Å². The minimum Gasteiger partial charge on any atom is -0.495 e. The Bertz CT molecular complexity index is 770. The van der Waals surface area contributed by atoms with Gasteiger partial charge in [-0.2, -0.15) is 0 Å². The first-order valence-corrected chi connectivity index (χ1v) is 8.52. The van der Waals surface area contributed by atoms with Gasteiger partial charge >= 0.3 is 0 Å². The van der Waals surface area contributed by atoms with Crippen molar-refractivity contribution in [2.45, 2.75) is 13.5 Å². The van der Waals surface area contributed by atoms with E-state index in [1.807, 2.05) is 17.9 Å². The van der Waals surface area contributed by atoms with Gasteiger partial charge in [0.15, 0.2) is 0 Å². The lowest BCUT2D eigenvalue weighted by atomic mass is 10.2. The zero-order valence-corrected chi connectivity index (χ0v) is 15.8. The molecule has 140 valence electrons. The molecule has 26 heavy (non-hydrogen) atoms. The molecule has 2 aromatic rings. The number of carbonyl (C=O) groups is 1. The van der Waals surface area contributed by atoms with Crippen molar-refractivity contribution in [1.82, 2.24) is 4.90 Å². The summed E-state index contributed by atoms with van der Waals surface area (Å²) in [6.07, 6.45) is 0. The highest BCUT2D eigenvalue weighted by Crippen LogP contribution is 2.35. The zero-order valence-electron chi connectivity index (χ0n) is 15.0. The minimum absolute atomic E-state index is 0.154. The Balaban J connectivity index is 2.07. The smallest absolute Gasteiger partial charge is 0.238 e. The number of nitrogens with one attached hydrogen (secondary N) is 1. The molecule has 7 heteroatoms. The number of hydrogen-bond donors (Lipinski definition) is 1. The molecule has 0 aliphatic heterocycles. The van der Waals surface area contributed by atoms with Crippen molar-refractivity contribution in [3.63, 3.8) is 0 Å². The standard InChI is InChI=1S/C19H22ClFN2O3/c1-4-23(11-13-6-5-7-14(21)8-13)12-19(24)22-16-10-17(25-2)15(20)9-18(16)26-3/h5-10H,4,11-12H2,1-3H3,(H,22,24). The molecule has 0 saturated carbocycles. The largest absolute Gasteiger partial charge is 0.495 e. The number of benzene rings is 2. The van der Waals surface area contributed by atoms with Crippen LogP contribution in [0.3, 0.4) is 0 Å². The number of hydrogen-bond acceptors (Lipinski definition) is 4. The molecule has 0 spiro atoms. The Morgan fingerprint density at radius 2 is 1.92 bits per heavy atom. The summed E-state index contributed by atoms with van der Waals surface area (Å²) in [4.78, 5) is 14.3. The van der Waals surface area contributed by atoms with Crippen molar-refractivity contribution in [2.75, 3.05) is 32.6 Å². The normalized spacial score (nSPS) is 10.7. The molecular weight excluding hydrogens is 359 g/mol. The molecule has 0 atom stereocenters. The molecule has 0 aliphatic carbocycles. The third kappa shape index (κ3) is 5.34. The molecule has 0 radical (unpaired) electrons. The molecule has 2 rings (SSSR count). The van der Waals surface area contributed by atoms with Crippen LogP contribution in [0.15, 0.2) is 36.4 Å². The minimum atomic E-state index is -0.291. The number of halogens is 2. The molecule has 1 amide bonds. The van der Waals surface area contributed by atoms with Gasteiger partial charge in [0.1, 0.15) is 17.3 Å². The van der Waals surface area contributed by atoms with E-state index < -0.39 is 0 Å². The summed E-state index contributed by atoms with van der Waals surface area (Å²) < 4.78 is 23.8. The van der Waals surface area contributed by atoms with Crippen LogP contribution in [0, 0.1) is 5.82 Å². The zero-order chi connectivity index (χ0) is 19.1. The van der Waals surface area contributed by atoms with Gasteiger partial charge in [0, 0.05) is 18.7 Å². The summed E-state index contributed by atoms with van der Waals surface area (Å²) in [5, 5.41) is 3.20. The van der Waals surface area contributed by atoms with E-state index >= 15 is 0 Å². The second-order valence-electron chi connectivity index (χ2n) is 5.67. The van der Waals surface area contributed by atoms with E-state index in [1.54, 1.807) is 18.2 Å². The fourth-order valence-electron chi connectivity index (χ4n) is 2.52. The van der Waals surface area contributed by atoms with Crippen LogP contribution in [-0.4, -0.2) is 38.1 Å². The highest BCUT2D eigenvalue weighted by atomic mass is 35.5. The molecule has 0 bridgehead atoms. The first-order chi connectivity index (χ1) is 12.5. The van der Waals surface area contributed by atoms with Crippen LogP contribution in [0.5, 0.6) is 11.5 Å². The van der Waals surface area contributed by atoms with Crippen molar-refractivity contribution >= 4 is 23.2 Å². The summed E-state index contributed by atoms with van der Waals surface area (Å²) in [7, 11) is 2.99. The fraction of sp³-hybridized carbons (Fsp3) is 0.316. The van der Waals surface area contributed by atoms with Gasteiger partial charge in [0.05, 0.1) is 31.5 Å². The van der Waals surface area contributed by atoms with Gasteiger partial charge in [-0.3, -0.25) is 9.69 Å². The van der Waals surface area contributed by atoms with E-state index in [0.717, 1.165) is 5.56 Å². The van der Waals surface area contributed by atoms with E-state index in [1.165, 1.54) is 26.4 Å². The number of amides is 1. The number of anilines is 1. The van der Waals surface area contributed by atoms with Gasteiger partial charge in [-0.05, 0) is 24.2 Å². The molecule has 0 heterocycles. The van der Waals surface area contributed by atoms with Crippen molar-refractivity contribution in [3.05, 3.63) is 52.8 Å². The van der Waals surface area contributed by atoms with E-state index in [2.05, 4.69) is 5.32 Å². The van der Waals surface area contributed by atoms with Crippen LogP contribution in [0.25, 0.3) is 0 Å². The van der Waals surface area contributed by atoms with Crippen LogP contribution < -0.4 is 14.8 Å². The summed E-state index contributed by atoms with van der Waals surface area (Å²) in [5.41, 5.74) is 1.28. The molecule has 0 aromatic heterocycles. The highest BCUT2D eigenvalue weighted by Gasteiger charge is 2.15. The first-order valence-electron chi connectivity index (χ1n) is 8.15. The lowest BCUT2D eigenvalue weighted by Gasteiger charge is -2.20. The topological polar surface area (TPSA) is 50.8 Å². The van der Waals surface area contributed by atoms with E-state index in [9.17, 15) is 9.18 Å². The average Bonchev–Trinajstić information content (AvgIpc) is 2.62. The maximum atomic E-state index is 13.3. The maximum absolute atomic E-state index is 13.3. The molecule has 0 saturated heterocycles. The lowest BCUT2D eigenvalue weighted by Crippen LogP contribution is -2.32. The molecule has 0 unspecified atom stereocenters. The SMILES string of the molecule is CCN(CC(=O)Nc1cc(OC)c(Cl)cc1OC)Cc1cccc(F)c1. The summed E-state index contributed by atoms with van der Waals surface area (Å²) in [5.74, 6) is 0.374. The molecule has 0 aliphatic rings. The molecular formula is C19H22ClFN2O3. The molecule has 5 nitrogen and oxygen atoms in total. The van der Waals surface area contributed by atoms with Crippen molar-refractivity contribution in [2.24, 2.45) is 0 Å². The average molecular weight is 381 g/mol. The number of rotatable bonds is 8. The van der Waals surface area contributed by atoms with Crippen LogP contribution in [0.4, 0.5) is 10.1 Å². The Kier molecular flexibility index (Phi) is 7.24. The quantitative estimate of drug-likeness (QED) is 0.753. The van der Waals surface area contributed by atoms with Gasteiger partial charge < -0.3 is 14.8 Å². The molecule has 1 N–H and O–H groups in total. The fourth-order valence-corrected chi connectivity index (χ4v) is 2.75. The van der Waals surface area contributed by atoms with Crippen LogP contribution in [0.1, 0.15) is 12.5 Å². The van der Waals surface area contributed by atoms with E-state index in [4.69, 9.17) is 21.1 Å². The Morgan fingerprint density at radius 1 is 1.19 bits per heavy atom. The Morgan fingerprint density at radius 3 is 2.54 bits per heavy atom. The van der Waals surface area contributed by atoms with Gasteiger partial charge in [-0.15, -0.1) is 0 Å². The number of nitrogens with zero attached hydrogens (tertiary/aromatic N) is 1. The predicted octanol–water partition coefficient (Wildman–Crippen LogP) is 3.96. The number of methoxy groups -OCH3 is 2. The highest BCUT2D eigenvalue weighted by molar-refractivity contribution is 6.32. The van der Waals surface area contributed by atoms with E-state index in [-0.39, 0.29) is 18.3 Å². The van der Waals surface area contributed by atoms with Crippen molar-refractivity contribution in [1.29, 1.82) is 0 Å². The second kappa shape index (κ2) is 9.40. The van der Waals surface area contributed by atoms with Gasteiger partial charge in [0.25, 0.3) is 0 Å². The Hall–Kier alpha value is -2.31. The number of carbonyl (C=O) groups excluding carboxylic acids is 1. The second-order valence-corrected chi connectivity index (χ2v) is 6.08. The van der Waals surface area contributed by atoms with Gasteiger partial charge in [-0.1, -0.05) is 30.7 Å². The summed E-state index contributed by atoms with van der Waals surface area (Å²) in [6, 6.07) is 9.54. The number of ether oxygens (including phenoxy) is 2. The van der Waals surface area contributed by atoms with Crippen LogP contribution >= 0.6 is 11.6 Å². The lowest BCUT2D eigenvalue weighted by molar-refractivity contribution is -0.117. The third-order valence-corrected chi connectivity index (χ3v) is 4.15. The van der Waals surface area contributed by atoms with Gasteiger partial charge in [-0.25, -0.2) is 4.39 Å². The van der Waals surface area contributed by atoms with Crippen molar-refractivity contribution < 1.29 is 18.7 Å². The maximum Gasteiger partial charge on any atom is 0.238 e. The predicted molar refractivity (Wildman–Crippen MR) is 101 cm³/mol. The van der Waals surface area contributed by atoms with E-state index in [0.29, 0.717) is 35.3 Å². The Labute approximate surface area is 157 Å². The molecule has 0 fully saturated rings.